The average molecular weight is 1130 g/mol. The van der Waals surface area contributed by atoms with Gasteiger partial charge in [-0.1, -0.05) is 96.1 Å². The largest absolute Gasteiger partial charge is 0.768 e. The second-order valence-electron chi connectivity index (χ2n) is 15.0. The summed E-state index contributed by atoms with van der Waals surface area (Å²) in [5.41, 5.74) is 27.5. The minimum atomic E-state index is -2.48. The van der Waals surface area contributed by atoms with Crippen LogP contribution >= 0.6 is 0 Å². The molecule has 2 aliphatic carbocycles. The molecule has 29 heteroatoms. The number of azide groups is 1. The number of carbonyl (C=O) groups excluding carboxylic acids is 5. The van der Waals surface area contributed by atoms with Gasteiger partial charge in [0, 0.05) is 72.0 Å². The molecule has 8 rings (SSSR count). The van der Waals surface area contributed by atoms with Gasteiger partial charge in [-0.25, -0.2) is 9.59 Å². The van der Waals surface area contributed by atoms with Crippen molar-refractivity contribution in [3.05, 3.63) is 228 Å². The molecule has 4 N–H and O–H groups in total. The predicted octanol–water partition coefficient (Wildman–Crippen LogP) is 7.98. The zero-order chi connectivity index (χ0) is 58.7. The molecule has 0 amide bonds. The number of hydrogen-bond donors (Lipinski definition) is 2. The SMILES string of the molecule is COc1ccc(C(=O)C(OC(=O)ON)c2ccc(OC)cc2)cc1.NOC(=O)OCc1ccccc1[N+](=O)[O-].[N-]=[N+]=C1C=C(S(=O)[O-])c2ccccc2C1=O.[N-]=[N+]=C1C=Cc2c(cccc2S(=O)[O-])C1=O.[N-]=[N+]=Nc1ccccc1. The molecule has 3 unspecified atom stereocenters. The number of para-hydroxylation sites is 1. The molecule has 0 aliphatic heterocycles. The van der Waals surface area contributed by atoms with Crippen LogP contribution in [-0.4, -0.2) is 87.3 Å². The Balaban J connectivity index is 0.000000222. The fourth-order valence-corrected chi connectivity index (χ4v) is 7.75. The van der Waals surface area contributed by atoms with Gasteiger partial charge in [0.25, 0.3) is 17.3 Å². The van der Waals surface area contributed by atoms with E-state index in [0.717, 1.165) is 6.08 Å². The molecular formula is C51H40N10O17S2-2. The van der Waals surface area contributed by atoms with E-state index in [1.807, 2.05) is 18.2 Å². The molecule has 6 aromatic rings. The minimum absolute atomic E-state index is 0.0528. The predicted molar refractivity (Wildman–Crippen MR) is 281 cm³/mol. The molecule has 27 nitrogen and oxygen atoms in total. The Kier molecular flexibility index (Phi) is 24.5. The van der Waals surface area contributed by atoms with Gasteiger partial charge >= 0.3 is 23.7 Å². The van der Waals surface area contributed by atoms with Crippen LogP contribution in [-0.2, 0) is 47.9 Å². The number of hydrogen-bond acceptors (Lipinski definition) is 20. The van der Waals surface area contributed by atoms with Crippen LogP contribution in [0.5, 0.6) is 11.5 Å². The number of allylic oxidation sites excluding steroid dienone is 2. The summed E-state index contributed by atoms with van der Waals surface area (Å²) >= 11 is -4.89. The summed E-state index contributed by atoms with van der Waals surface area (Å²) in [7, 11) is 3.05. The van der Waals surface area contributed by atoms with Crippen molar-refractivity contribution in [1.82, 2.24) is 0 Å². The molecule has 0 spiro atoms. The number of nitro groups is 1. The Morgan fingerprint density at radius 3 is 1.76 bits per heavy atom. The van der Waals surface area contributed by atoms with Crippen LogP contribution in [0.3, 0.4) is 0 Å². The molecule has 410 valence electrons. The lowest BCUT2D eigenvalue weighted by atomic mass is 9.95. The Hall–Kier alpha value is -10.4. The van der Waals surface area contributed by atoms with Crippen molar-refractivity contribution in [2.75, 3.05) is 14.2 Å². The zero-order valence-corrected chi connectivity index (χ0v) is 43.0. The molecule has 0 saturated carbocycles. The smallest absolute Gasteiger partial charge is 0.528 e. The van der Waals surface area contributed by atoms with E-state index in [9.17, 15) is 51.6 Å². The molecule has 0 radical (unpaired) electrons. The van der Waals surface area contributed by atoms with E-state index in [-0.39, 0.29) is 50.2 Å². The maximum Gasteiger partial charge on any atom is 0.528 e. The number of benzene rings is 6. The van der Waals surface area contributed by atoms with Gasteiger partial charge < -0.3 is 48.8 Å². The number of fused-ring (bicyclic) bond motifs is 2. The first-order chi connectivity index (χ1) is 38.5. The molecular weight excluding hydrogens is 1090 g/mol. The van der Waals surface area contributed by atoms with E-state index < -0.39 is 62.8 Å². The molecule has 2 aliphatic rings. The normalized spacial score (nSPS) is 12.4. The molecule has 6 aromatic carbocycles. The molecule has 80 heavy (non-hydrogen) atoms. The van der Waals surface area contributed by atoms with Crippen molar-refractivity contribution in [1.29, 1.82) is 0 Å². The number of ether oxygens (including phenoxy) is 4. The van der Waals surface area contributed by atoms with E-state index in [1.165, 1.54) is 74.9 Å². The lowest BCUT2D eigenvalue weighted by Crippen LogP contribution is -2.22. The first kappa shape index (κ1) is 62.1. The van der Waals surface area contributed by atoms with Crippen molar-refractivity contribution >= 4 is 85.6 Å². The second-order valence-corrected chi connectivity index (χ2v) is 16.8. The van der Waals surface area contributed by atoms with Gasteiger partial charge in [-0.3, -0.25) is 32.9 Å². The van der Waals surface area contributed by atoms with Crippen LogP contribution in [0, 0.1) is 10.1 Å². The highest BCUT2D eigenvalue weighted by atomic mass is 32.2. The Bertz CT molecular complexity index is 3530. The van der Waals surface area contributed by atoms with Gasteiger partial charge in [0.15, 0.2) is 6.10 Å². The fraction of sp³-hybridized carbons (Fsp3) is 0.0784. The third-order valence-corrected chi connectivity index (χ3v) is 11.8. The second kappa shape index (κ2) is 31.6. The molecule has 0 heterocycles. The highest BCUT2D eigenvalue weighted by Gasteiger charge is 2.31. The first-order valence-corrected chi connectivity index (χ1v) is 24.2. The molecule has 3 atom stereocenters. The van der Waals surface area contributed by atoms with Gasteiger partial charge in [0.05, 0.1) is 24.7 Å². The lowest BCUT2D eigenvalue weighted by Gasteiger charge is -2.16. The zero-order valence-electron chi connectivity index (χ0n) is 41.4. The molecule has 0 bridgehead atoms. The highest BCUT2D eigenvalue weighted by molar-refractivity contribution is 7.89. The summed E-state index contributed by atoms with van der Waals surface area (Å²) < 4.78 is 63.4. The van der Waals surface area contributed by atoms with Gasteiger partial charge in [0.1, 0.15) is 18.1 Å². The number of Topliss-reactive ketones (excluding diaryl/α,β-unsaturated/α-hetero) is 3. The Morgan fingerprint density at radius 1 is 0.662 bits per heavy atom. The Morgan fingerprint density at radius 2 is 1.21 bits per heavy atom. The summed E-state index contributed by atoms with van der Waals surface area (Å²) in [6.07, 6.45) is 0.331. The van der Waals surface area contributed by atoms with Crippen molar-refractivity contribution in [2.45, 2.75) is 17.6 Å². The summed E-state index contributed by atoms with van der Waals surface area (Å²) in [5.74, 6) is 9.13. The van der Waals surface area contributed by atoms with Crippen molar-refractivity contribution in [3.8, 4) is 11.5 Å². The van der Waals surface area contributed by atoms with E-state index in [0.29, 0.717) is 39.4 Å². The number of carbonyl (C=O) groups is 5. The van der Waals surface area contributed by atoms with Crippen LogP contribution < -0.4 is 21.3 Å². The Labute approximate surface area is 457 Å². The minimum Gasteiger partial charge on any atom is -0.768 e. The van der Waals surface area contributed by atoms with Crippen molar-refractivity contribution < 1.29 is 84.6 Å². The van der Waals surface area contributed by atoms with Gasteiger partial charge in [-0.2, -0.15) is 21.4 Å². The third-order valence-electron chi connectivity index (χ3n) is 10.4. The number of nitrogens with two attached hydrogens (primary N) is 2. The molecule has 0 aromatic heterocycles. The van der Waals surface area contributed by atoms with Crippen molar-refractivity contribution in [3.63, 3.8) is 0 Å². The number of rotatable bonds is 12. The summed E-state index contributed by atoms with van der Waals surface area (Å²) in [5, 5.41) is 13.9. The quantitative estimate of drug-likeness (QED) is 0.0171. The van der Waals surface area contributed by atoms with Crippen molar-refractivity contribution in [2.24, 2.45) is 16.9 Å². The maximum absolute atomic E-state index is 12.7. The first-order valence-electron chi connectivity index (χ1n) is 22.1. The number of nitrogens with zero attached hydrogens (tertiary/aromatic N) is 8. The third kappa shape index (κ3) is 17.6. The van der Waals surface area contributed by atoms with E-state index in [2.05, 4.69) is 39.9 Å². The average Bonchev–Trinajstić information content (AvgIpc) is 3.52. The summed E-state index contributed by atoms with van der Waals surface area (Å²) in [6, 6.07) is 38.5. The van der Waals surface area contributed by atoms with Crippen LogP contribution in [0.15, 0.2) is 168 Å². The maximum atomic E-state index is 12.7. The molecule has 0 fully saturated rings. The number of nitro benzene ring substituents is 1. The van der Waals surface area contributed by atoms with Gasteiger partial charge in [-0.15, -0.1) is 0 Å². The monoisotopic (exact) mass is 1130 g/mol. The summed E-state index contributed by atoms with van der Waals surface area (Å²) in [4.78, 5) is 84.0. The van der Waals surface area contributed by atoms with E-state index in [4.69, 9.17) is 36.7 Å². The van der Waals surface area contributed by atoms with E-state index in [1.54, 1.807) is 78.9 Å². The molecule has 0 saturated heterocycles. The highest BCUT2D eigenvalue weighted by Crippen LogP contribution is 2.28. The topological polar surface area (TPSA) is 438 Å². The van der Waals surface area contributed by atoms with E-state index >= 15 is 0 Å². The van der Waals surface area contributed by atoms with Crippen LogP contribution in [0.25, 0.3) is 32.5 Å². The van der Waals surface area contributed by atoms with Crippen LogP contribution in [0.1, 0.15) is 59.4 Å². The fourth-order valence-electron chi connectivity index (χ4n) is 6.64. The van der Waals surface area contributed by atoms with Crippen LogP contribution in [0.2, 0.25) is 0 Å². The lowest BCUT2D eigenvalue weighted by molar-refractivity contribution is -0.385. The van der Waals surface area contributed by atoms with Gasteiger partial charge in [0.2, 0.25) is 5.78 Å². The van der Waals surface area contributed by atoms with Crippen LogP contribution in [0.4, 0.5) is 21.0 Å². The summed E-state index contributed by atoms with van der Waals surface area (Å²) in [6.45, 7) is -0.257. The van der Waals surface area contributed by atoms with Gasteiger partial charge in [-0.05, 0) is 82.3 Å². The standard InChI is InChI=1S/C17H17NO6.2C10H6N2O3S.C8H8N2O5.C6H5N3/c1-21-13-7-3-11(4-8-13)15(19)16(23-17(20)24-18)12-5-9-14(22-2)10-6-12;11-12-8-5-4-6-7(10(8)13)2-1-3-9(6)16(14)15;11-12-8-5-9(16(14)15)6-3-1-2-4-7(6)10(8)13;9-15-8(11)14-5-6-3-1-2-4-7(6)10(12)13;7-9-8-6-4-2-1-3-5-6/h3-10,16H,18H2,1-2H3;2*1-5H,(H,14,15);1-4H,5,9H2;1-5H/p-2. The number of methoxy groups -OCH3 is 2. The number of ketones is 3.